The summed E-state index contributed by atoms with van der Waals surface area (Å²) in [5.41, 5.74) is 6.78. The van der Waals surface area contributed by atoms with Crippen LogP contribution in [0.2, 0.25) is 0 Å². The van der Waals surface area contributed by atoms with Gasteiger partial charge >= 0.3 is 0 Å². The molecule has 2 aromatic rings. The zero-order valence-electron chi connectivity index (χ0n) is 12.7. The Balaban J connectivity index is 2.16. The van der Waals surface area contributed by atoms with E-state index in [4.69, 9.17) is 10.5 Å². The van der Waals surface area contributed by atoms with Crippen LogP contribution in [-0.4, -0.2) is 35.0 Å². The van der Waals surface area contributed by atoms with Gasteiger partial charge in [-0.25, -0.2) is 9.67 Å². The van der Waals surface area contributed by atoms with E-state index in [0.29, 0.717) is 6.54 Å². The Morgan fingerprint density at radius 1 is 1.29 bits per heavy atom. The van der Waals surface area contributed by atoms with Crippen LogP contribution in [0.25, 0.3) is 0 Å². The second-order valence-corrected chi connectivity index (χ2v) is 4.75. The Morgan fingerprint density at radius 2 is 2.05 bits per heavy atom. The van der Waals surface area contributed by atoms with Gasteiger partial charge in [-0.15, -0.1) is 0 Å². The van der Waals surface area contributed by atoms with Gasteiger partial charge in [0.05, 0.1) is 13.7 Å². The summed E-state index contributed by atoms with van der Waals surface area (Å²) < 4.78 is 7.12. The van der Waals surface area contributed by atoms with Crippen molar-refractivity contribution in [1.29, 1.82) is 0 Å². The first kappa shape index (κ1) is 15.3. The van der Waals surface area contributed by atoms with E-state index >= 15 is 0 Å². The Kier molecular flexibility index (Phi) is 5.57. The zero-order chi connectivity index (χ0) is 15.1. The standard InChI is InChI=1S/C15H23N5O/c1-3-20-15(17-12-18-20)11-19(10-4-9-16)13-5-7-14(21-2)8-6-13/h5-8,12H,3-4,9-11,16H2,1-2H3. The molecule has 0 amide bonds. The fourth-order valence-corrected chi connectivity index (χ4v) is 2.22. The lowest BCUT2D eigenvalue weighted by molar-refractivity contribution is 0.415. The summed E-state index contributed by atoms with van der Waals surface area (Å²) in [6.45, 7) is 5.17. The topological polar surface area (TPSA) is 69.2 Å². The molecule has 6 heteroatoms. The SMILES string of the molecule is CCn1ncnc1CN(CCCN)c1ccc(OC)cc1. The molecular weight excluding hydrogens is 266 g/mol. The van der Waals surface area contributed by atoms with Gasteiger partial charge in [-0.1, -0.05) is 0 Å². The van der Waals surface area contributed by atoms with E-state index in [1.807, 2.05) is 16.8 Å². The zero-order valence-corrected chi connectivity index (χ0v) is 12.7. The maximum Gasteiger partial charge on any atom is 0.146 e. The minimum atomic E-state index is 0.674. The summed E-state index contributed by atoms with van der Waals surface area (Å²) >= 11 is 0. The minimum absolute atomic E-state index is 0.674. The van der Waals surface area contributed by atoms with Gasteiger partial charge in [-0.05, 0) is 44.2 Å². The van der Waals surface area contributed by atoms with E-state index in [0.717, 1.165) is 43.3 Å². The molecule has 6 nitrogen and oxygen atoms in total. The largest absolute Gasteiger partial charge is 0.497 e. The van der Waals surface area contributed by atoms with Gasteiger partial charge in [0.25, 0.3) is 0 Å². The number of rotatable bonds is 8. The molecule has 0 radical (unpaired) electrons. The molecule has 2 N–H and O–H groups in total. The summed E-state index contributed by atoms with van der Waals surface area (Å²) in [5.74, 6) is 1.82. The number of aryl methyl sites for hydroxylation is 1. The van der Waals surface area contributed by atoms with Crippen LogP contribution < -0.4 is 15.4 Å². The molecule has 0 atom stereocenters. The molecule has 0 aliphatic carbocycles. The molecule has 0 saturated heterocycles. The second-order valence-electron chi connectivity index (χ2n) is 4.75. The number of hydrogen-bond donors (Lipinski definition) is 1. The summed E-state index contributed by atoms with van der Waals surface area (Å²) in [7, 11) is 1.67. The number of nitrogens with two attached hydrogens (primary N) is 1. The van der Waals surface area contributed by atoms with E-state index in [1.54, 1.807) is 13.4 Å². The van der Waals surface area contributed by atoms with Gasteiger partial charge in [-0.3, -0.25) is 0 Å². The van der Waals surface area contributed by atoms with E-state index in [-0.39, 0.29) is 0 Å². The third-order valence-electron chi connectivity index (χ3n) is 3.40. The lowest BCUT2D eigenvalue weighted by atomic mass is 10.2. The molecular formula is C15H23N5O. The van der Waals surface area contributed by atoms with Gasteiger partial charge in [0, 0.05) is 18.8 Å². The highest BCUT2D eigenvalue weighted by molar-refractivity contribution is 5.49. The van der Waals surface area contributed by atoms with Crippen LogP contribution in [-0.2, 0) is 13.1 Å². The Hall–Kier alpha value is -2.08. The minimum Gasteiger partial charge on any atom is -0.497 e. The van der Waals surface area contributed by atoms with Crippen LogP contribution in [0, 0.1) is 0 Å². The highest BCUT2D eigenvalue weighted by Gasteiger charge is 2.11. The highest BCUT2D eigenvalue weighted by atomic mass is 16.5. The van der Waals surface area contributed by atoms with E-state index in [1.165, 1.54) is 0 Å². The number of methoxy groups -OCH3 is 1. The Bertz CT molecular complexity index is 537. The normalized spacial score (nSPS) is 10.6. The van der Waals surface area contributed by atoms with Gasteiger partial charge in [-0.2, -0.15) is 5.10 Å². The Labute approximate surface area is 125 Å². The predicted octanol–water partition coefficient (Wildman–Crippen LogP) is 1.66. The van der Waals surface area contributed by atoms with Gasteiger partial charge in [0.2, 0.25) is 0 Å². The molecule has 1 heterocycles. The molecule has 0 unspecified atom stereocenters. The monoisotopic (exact) mass is 289 g/mol. The first-order valence-corrected chi connectivity index (χ1v) is 7.24. The molecule has 0 saturated carbocycles. The van der Waals surface area contributed by atoms with Crippen molar-refractivity contribution in [3.05, 3.63) is 36.4 Å². The third kappa shape index (κ3) is 3.95. The molecule has 0 bridgehead atoms. The predicted molar refractivity (Wildman–Crippen MR) is 83.4 cm³/mol. The molecule has 114 valence electrons. The molecule has 0 aliphatic rings. The van der Waals surface area contributed by atoms with Crippen molar-refractivity contribution >= 4 is 5.69 Å². The molecule has 1 aromatic carbocycles. The first-order chi connectivity index (χ1) is 10.3. The van der Waals surface area contributed by atoms with E-state index in [2.05, 4.69) is 34.0 Å². The average molecular weight is 289 g/mol. The number of aromatic nitrogens is 3. The maximum atomic E-state index is 5.65. The number of nitrogens with zero attached hydrogens (tertiary/aromatic N) is 4. The van der Waals surface area contributed by atoms with Crippen LogP contribution in [0.3, 0.4) is 0 Å². The van der Waals surface area contributed by atoms with Crippen LogP contribution in [0.1, 0.15) is 19.2 Å². The summed E-state index contributed by atoms with van der Waals surface area (Å²) in [6, 6.07) is 8.05. The number of benzene rings is 1. The maximum absolute atomic E-state index is 5.65. The van der Waals surface area contributed by atoms with Gasteiger partial charge in [0.15, 0.2) is 0 Å². The van der Waals surface area contributed by atoms with Gasteiger partial charge < -0.3 is 15.4 Å². The fraction of sp³-hybridized carbons (Fsp3) is 0.467. The van der Waals surface area contributed by atoms with E-state index in [9.17, 15) is 0 Å². The highest BCUT2D eigenvalue weighted by Crippen LogP contribution is 2.21. The number of hydrogen-bond acceptors (Lipinski definition) is 5. The molecule has 2 rings (SSSR count). The summed E-state index contributed by atoms with van der Waals surface area (Å²) in [5, 5.41) is 4.22. The van der Waals surface area contributed by atoms with Crippen molar-refractivity contribution in [2.75, 3.05) is 25.1 Å². The van der Waals surface area contributed by atoms with Crippen molar-refractivity contribution in [1.82, 2.24) is 14.8 Å². The number of anilines is 1. The summed E-state index contributed by atoms with van der Waals surface area (Å²) in [4.78, 5) is 6.61. The molecule has 21 heavy (non-hydrogen) atoms. The van der Waals surface area contributed by atoms with E-state index < -0.39 is 0 Å². The van der Waals surface area contributed by atoms with Crippen LogP contribution in [0.5, 0.6) is 5.75 Å². The molecule has 1 aromatic heterocycles. The van der Waals surface area contributed by atoms with Crippen molar-refractivity contribution in [3.63, 3.8) is 0 Å². The first-order valence-electron chi connectivity index (χ1n) is 7.24. The van der Waals surface area contributed by atoms with Crippen molar-refractivity contribution < 1.29 is 4.74 Å². The van der Waals surface area contributed by atoms with Crippen molar-refractivity contribution in [3.8, 4) is 5.75 Å². The third-order valence-corrected chi connectivity index (χ3v) is 3.40. The van der Waals surface area contributed by atoms with Crippen LogP contribution >= 0.6 is 0 Å². The average Bonchev–Trinajstić information content (AvgIpc) is 2.98. The molecule has 0 aliphatic heterocycles. The van der Waals surface area contributed by atoms with Gasteiger partial charge in [0.1, 0.15) is 17.9 Å². The smallest absolute Gasteiger partial charge is 0.146 e. The summed E-state index contributed by atoms with van der Waals surface area (Å²) in [6.07, 6.45) is 2.54. The van der Waals surface area contributed by atoms with Crippen LogP contribution in [0.4, 0.5) is 5.69 Å². The second kappa shape index (κ2) is 7.64. The van der Waals surface area contributed by atoms with Crippen molar-refractivity contribution in [2.24, 2.45) is 5.73 Å². The Morgan fingerprint density at radius 3 is 2.67 bits per heavy atom. The fourth-order valence-electron chi connectivity index (χ4n) is 2.22. The van der Waals surface area contributed by atoms with Crippen molar-refractivity contribution in [2.45, 2.75) is 26.4 Å². The lowest BCUT2D eigenvalue weighted by Gasteiger charge is -2.24. The lowest BCUT2D eigenvalue weighted by Crippen LogP contribution is -2.27. The molecule has 0 fully saturated rings. The van der Waals surface area contributed by atoms with Crippen LogP contribution in [0.15, 0.2) is 30.6 Å². The number of ether oxygens (including phenoxy) is 1. The quantitative estimate of drug-likeness (QED) is 0.800. The molecule has 0 spiro atoms.